The van der Waals surface area contributed by atoms with E-state index >= 15 is 0 Å². The molecule has 1 aromatic heterocycles. The number of hydrogen-bond donors (Lipinski definition) is 0. The van der Waals surface area contributed by atoms with E-state index < -0.39 is 0 Å². The van der Waals surface area contributed by atoms with E-state index in [1.807, 2.05) is 71.6 Å². The summed E-state index contributed by atoms with van der Waals surface area (Å²) in [6.07, 6.45) is 0.419. The molecule has 0 unspecified atom stereocenters. The molecule has 0 radical (unpaired) electrons. The summed E-state index contributed by atoms with van der Waals surface area (Å²) in [4.78, 5) is 19.7. The molecule has 2 heterocycles. The average Bonchev–Trinajstić information content (AvgIpc) is 3.45. The van der Waals surface area contributed by atoms with Crippen molar-refractivity contribution in [1.82, 2.24) is 9.55 Å². The Hall–Kier alpha value is -4.00. The van der Waals surface area contributed by atoms with Crippen LogP contribution in [0.5, 0.6) is 17.2 Å². The van der Waals surface area contributed by atoms with Crippen molar-refractivity contribution < 1.29 is 19.0 Å². The first kappa shape index (κ1) is 21.8. The van der Waals surface area contributed by atoms with E-state index in [4.69, 9.17) is 19.2 Å². The lowest BCUT2D eigenvalue weighted by molar-refractivity contribution is -0.117. The van der Waals surface area contributed by atoms with Gasteiger partial charge in [0.25, 0.3) is 0 Å². The van der Waals surface area contributed by atoms with E-state index in [1.54, 1.807) is 14.2 Å². The summed E-state index contributed by atoms with van der Waals surface area (Å²) in [6, 6.07) is 23.3. The number of carbonyl (C=O) groups is 1. The molecule has 1 fully saturated rings. The third kappa shape index (κ3) is 4.17. The monoisotopic (exact) mass is 457 g/mol. The highest BCUT2D eigenvalue weighted by atomic mass is 16.5. The van der Waals surface area contributed by atoms with Crippen molar-refractivity contribution in [3.63, 3.8) is 0 Å². The van der Waals surface area contributed by atoms with E-state index in [0.29, 0.717) is 37.6 Å². The summed E-state index contributed by atoms with van der Waals surface area (Å²) in [7, 11) is 3.27. The minimum absolute atomic E-state index is 0.00624. The van der Waals surface area contributed by atoms with Gasteiger partial charge in [-0.25, -0.2) is 4.98 Å². The Labute approximate surface area is 198 Å². The quantitative estimate of drug-likeness (QED) is 0.385. The van der Waals surface area contributed by atoms with Crippen LogP contribution >= 0.6 is 0 Å². The molecule has 1 atom stereocenters. The number of hydrogen-bond acceptors (Lipinski definition) is 5. The molecule has 1 amide bonds. The summed E-state index contributed by atoms with van der Waals surface area (Å²) in [5, 5.41) is 0. The second-order valence-corrected chi connectivity index (χ2v) is 8.21. The molecule has 34 heavy (non-hydrogen) atoms. The van der Waals surface area contributed by atoms with Crippen LogP contribution in [-0.2, 0) is 11.3 Å². The van der Waals surface area contributed by atoms with Crippen molar-refractivity contribution in [3.8, 4) is 17.2 Å². The minimum atomic E-state index is -0.00624. The number of imidazole rings is 1. The van der Waals surface area contributed by atoms with Crippen molar-refractivity contribution in [3.05, 3.63) is 78.6 Å². The van der Waals surface area contributed by atoms with Crippen molar-refractivity contribution in [2.45, 2.75) is 18.9 Å². The van der Waals surface area contributed by atoms with Crippen LogP contribution in [-0.4, -0.2) is 42.8 Å². The molecule has 7 heteroatoms. The fourth-order valence-electron chi connectivity index (χ4n) is 4.52. The smallest absolute Gasteiger partial charge is 0.227 e. The summed E-state index contributed by atoms with van der Waals surface area (Å²) in [5.41, 5.74) is 2.83. The van der Waals surface area contributed by atoms with Gasteiger partial charge in [-0.15, -0.1) is 0 Å². The van der Waals surface area contributed by atoms with Crippen LogP contribution in [0.25, 0.3) is 11.0 Å². The molecule has 0 saturated carbocycles. The van der Waals surface area contributed by atoms with Gasteiger partial charge < -0.3 is 23.7 Å². The molecule has 3 aromatic carbocycles. The van der Waals surface area contributed by atoms with E-state index in [2.05, 4.69) is 10.6 Å². The zero-order valence-corrected chi connectivity index (χ0v) is 19.3. The molecule has 4 aromatic rings. The van der Waals surface area contributed by atoms with Crippen LogP contribution in [0.2, 0.25) is 0 Å². The van der Waals surface area contributed by atoms with Gasteiger partial charge in [0.15, 0.2) is 11.5 Å². The SMILES string of the molecule is COc1ccc(N2C[C@@H](c3nc4ccccc4n3CCOc3ccccc3OC)CC2=O)cc1. The summed E-state index contributed by atoms with van der Waals surface area (Å²) in [5.74, 6) is 3.18. The largest absolute Gasteiger partial charge is 0.497 e. The zero-order valence-electron chi connectivity index (χ0n) is 19.3. The Kier molecular flexibility index (Phi) is 6.08. The molecular weight excluding hydrogens is 430 g/mol. The molecule has 0 bridgehead atoms. The standard InChI is InChI=1S/C27H27N3O4/c1-32-21-13-11-20(12-14-21)30-18-19(17-26(30)31)27-28-22-7-3-4-8-23(22)29(27)15-16-34-25-10-6-5-9-24(25)33-2/h3-14,19H,15-18H2,1-2H3/t19-/m0/s1. The Morgan fingerprint density at radius 3 is 2.41 bits per heavy atom. The number of anilines is 1. The van der Waals surface area contributed by atoms with Gasteiger partial charge in [-0.05, 0) is 48.5 Å². The number of methoxy groups -OCH3 is 2. The van der Waals surface area contributed by atoms with Gasteiger partial charge in [-0.2, -0.15) is 0 Å². The van der Waals surface area contributed by atoms with Crippen molar-refractivity contribution in [2.24, 2.45) is 0 Å². The Morgan fingerprint density at radius 1 is 0.912 bits per heavy atom. The van der Waals surface area contributed by atoms with Crippen molar-refractivity contribution in [2.75, 3.05) is 32.3 Å². The van der Waals surface area contributed by atoms with Crippen LogP contribution in [0.3, 0.4) is 0 Å². The van der Waals surface area contributed by atoms with Crippen LogP contribution in [0.15, 0.2) is 72.8 Å². The number of carbonyl (C=O) groups excluding carboxylic acids is 1. The molecule has 174 valence electrons. The molecule has 1 saturated heterocycles. The van der Waals surface area contributed by atoms with E-state index in [0.717, 1.165) is 28.3 Å². The van der Waals surface area contributed by atoms with Gasteiger partial charge >= 0.3 is 0 Å². The average molecular weight is 458 g/mol. The summed E-state index contributed by atoms with van der Waals surface area (Å²) in [6.45, 7) is 1.65. The number of rotatable bonds is 8. The first-order valence-corrected chi connectivity index (χ1v) is 11.3. The molecule has 7 nitrogen and oxygen atoms in total. The maximum atomic E-state index is 12.9. The van der Waals surface area contributed by atoms with Crippen LogP contribution in [0.1, 0.15) is 18.2 Å². The number of fused-ring (bicyclic) bond motifs is 1. The van der Waals surface area contributed by atoms with E-state index in [1.165, 1.54) is 0 Å². The number of aromatic nitrogens is 2. The molecule has 5 rings (SSSR count). The highest BCUT2D eigenvalue weighted by Gasteiger charge is 2.34. The second-order valence-electron chi connectivity index (χ2n) is 8.21. The minimum Gasteiger partial charge on any atom is -0.497 e. The second kappa shape index (κ2) is 9.47. The highest BCUT2D eigenvalue weighted by molar-refractivity contribution is 5.96. The Balaban J connectivity index is 1.39. The molecule has 0 spiro atoms. The van der Waals surface area contributed by atoms with Gasteiger partial charge in [-0.1, -0.05) is 24.3 Å². The predicted molar refractivity (Wildman–Crippen MR) is 131 cm³/mol. The summed E-state index contributed by atoms with van der Waals surface area (Å²) < 4.78 is 18.9. The number of amides is 1. The zero-order chi connectivity index (χ0) is 23.5. The van der Waals surface area contributed by atoms with Crippen LogP contribution < -0.4 is 19.1 Å². The first-order chi connectivity index (χ1) is 16.7. The predicted octanol–water partition coefficient (Wildman–Crippen LogP) is 4.65. The van der Waals surface area contributed by atoms with Crippen molar-refractivity contribution in [1.29, 1.82) is 0 Å². The number of ether oxygens (including phenoxy) is 3. The lowest BCUT2D eigenvalue weighted by atomic mass is 10.1. The molecule has 0 aliphatic carbocycles. The molecular formula is C27H27N3O4. The maximum Gasteiger partial charge on any atom is 0.227 e. The van der Waals surface area contributed by atoms with Gasteiger partial charge in [-0.3, -0.25) is 4.79 Å². The first-order valence-electron chi connectivity index (χ1n) is 11.3. The normalized spacial score (nSPS) is 15.6. The lowest BCUT2D eigenvalue weighted by Crippen LogP contribution is -2.24. The summed E-state index contributed by atoms with van der Waals surface area (Å²) >= 11 is 0. The molecule has 1 aliphatic rings. The Morgan fingerprint density at radius 2 is 1.65 bits per heavy atom. The number of para-hydroxylation sites is 4. The van der Waals surface area contributed by atoms with Crippen molar-refractivity contribution >= 4 is 22.6 Å². The van der Waals surface area contributed by atoms with E-state index in [-0.39, 0.29) is 11.8 Å². The highest BCUT2D eigenvalue weighted by Crippen LogP contribution is 2.34. The van der Waals surface area contributed by atoms with Gasteiger partial charge in [0, 0.05) is 24.6 Å². The number of benzene rings is 3. The Bertz CT molecular complexity index is 1300. The van der Waals surface area contributed by atoms with Crippen LogP contribution in [0, 0.1) is 0 Å². The van der Waals surface area contributed by atoms with E-state index in [9.17, 15) is 4.79 Å². The fourth-order valence-corrected chi connectivity index (χ4v) is 4.52. The topological polar surface area (TPSA) is 65.8 Å². The molecule has 0 N–H and O–H groups in total. The maximum absolute atomic E-state index is 12.9. The van der Waals surface area contributed by atoms with Crippen LogP contribution in [0.4, 0.5) is 5.69 Å². The number of nitrogens with zero attached hydrogens (tertiary/aromatic N) is 3. The third-order valence-corrected chi connectivity index (χ3v) is 6.20. The lowest BCUT2D eigenvalue weighted by Gasteiger charge is -2.18. The third-order valence-electron chi connectivity index (χ3n) is 6.20. The van der Waals surface area contributed by atoms with Gasteiger partial charge in [0.2, 0.25) is 5.91 Å². The fraction of sp³-hybridized carbons (Fsp3) is 0.259. The van der Waals surface area contributed by atoms with Gasteiger partial charge in [0.1, 0.15) is 18.2 Å². The van der Waals surface area contributed by atoms with Gasteiger partial charge in [0.05, 0.1) is 31.8 Å². The molecule has 1 aliphatic heterocycles.